The van der Waals surface area contributed by atoms with E-state index >= 15 is 0 Å². The van der Waals surface area contributed by atoms with E-state index in [9.17, 15) is 13.2 Å². The Morgan fingerprint density at radius 3 is 2.55 bits per heavy atom. The van der Waals surface area contributed by atoms with Crippen molar-refractivity contribution in [3.63, 3.8) is 0 Å². The van der Waals surface area contributed by atoms with E-state index in [-0.39, 0.29) is 23.7 Å². The van der Waals surface area contributed by atoms with Crippen LogP contribution < -0.4 is 4.74 Å². The van der Waals surface area contributed by atoms with Crippen molar-refractivity contribution in [3.8, 4) is 5.75 Å². The summed E-state index contributed by atoms with van der Waals surface area (Å²) < 4.78 is 53.9. The van der Waals surface area contributed by atoms with E-state index in [0.717, 1.165) is 32.1 Å². The number of ether oxygens (including phenoxy) is 2. The Bertz CT molecular complexity index is 861. The molecule has 29 heavy (non-hydrogen) atoms. The molecule has 156 valence electrons. The molecule has 0 amide bonds. The molecule has 0 atom stereocenters. The Labute approximate surface area is 170 Å². The highest BCUT2D eigenvalue weighted by molar-refractivity contribution is 5.51. The van der Waals surface area contributed by atoms with Crippen molar-refractivity contribution < 1.29 is 22.6 Å². The highest BCUT2D eigenvalue weighted by Crippen LogP contribution is 2.40. The van der Waals surface area contributed by atoms with Crippen molar-refractivity contribution in [1.82, 2.24) is 0 Å². The molecule has 2 nitrogen and oxygen atoms in total. The van der Waals surface area contributed by atoms with Gasteiger partial charge >= 0.3 is 0 Å². The molecule has 1 fully saturated rings. The summed E-state index contributed by atoms with van der Waals surface area (Å²) in [4.78, 5) is 0. The van der Waals surface area contributed by atoms with E-state index in [0.29, 0.717) is 35.0 Å². The molecular formula is C24H27F3O2. The molecule has 1 aliphatic carbocycles. The third kappa shape index (κ3) is 4.44. The van der Waals surface area contributed by atoms with E-state index in [2.05, 4.69) is 19.7 Å². The molecule has 1 aromatic carbocycles. The van der Waals surface area contributed by atoms with Crippen LogP contribution in [0.2, 0.25) is 0 Å². The SMILES string of the molecule is C=CC1CCC(CCc2cc3c(c(F)c2F)O/C(=C(\F)C(=C)OC)C(=C)C3)CC1. The first-order valence-corrected chi connectivity index (χ1v) is 9.97. The van der Waals surface area contributed by atoms with Crippen LogP contribution in [0, 0.1) is 23.5 Å². The monoisotopic (exact) mass is 404 g/mol. The molecular weight excluding hydrogens is 377 g/mol. The predicted octanol–water partition coefficient (Wildman–Crippen LogP) is 6.72. The Balaban J connectivity index is 1.78. The quantitative estimate of drug-likeness (QED) is 0.387. The fourth-order valence-electron chi connectivity index (χ4n) is 4.12. The summed E-state index contributed by atoms with van der Waals surface area (Å²) in [6.07, 6.45) is 7.84. The Kier molecular flexibility index (Phi) is 6.56. The van der Waals surface area contributed by atoms with Gasteiger partial charge in [0.2, 0.25) is 11.6 Å². The van der Waals surface area contributed by atoms with Crippen LogP contribution in [0.25, 0.3) is 0 Å². The number of hydrogen-bond acceptors (Lipinski definition) is 2. The number of rotatable bonds is 6. The van der Waals surface area contributed by atoms with Crippen molar-refractivity contribution in [1.29, 1.82) is 0 Å². The molecule has 0 unspecified atom stereocenters. The van der Waals surface area contributed by atoms with Crippen LogP contribution in [-0.2, 0) is 17.6 Å². The van der Waals surface area contributed by atoms with Gasteiger partial charge in [0.05, 0.1) is 7.11 Å². The van der Waals surface area contributed by atoms with Crippen LogP contribution in [-0.4, -0.2) is 7.11 Å². The maximum atomic E-state index is 14.7. The minimum Gasteiger partial charge on any atom is -0.494 e. The largest absolute Gasteiger partial charge is 0.494 e. The van der Waals surface area contributed by atoms with Crippen LogP contribution in [0.5, 0.6) is 5.75 Å². The number of allylic oxidation sites excluding steroid dienone is 3. The van der Waals surface area contributed by atoms with Gasteiger partial charge in [0.25, 0.3) is 0 Å². The first-order chi connectivity index (χ1) is 13.8. The van der Waals surface area contributed by atoms with Crippen molar-refractivity contribution in [2.45, 2.75) is 44.9 Å². The number of hydrogen-bond donors (Lipinski definition) is 0. The van der Waals surface area contributed by atoms with Crippen molar-refractivity contribution in [2.75, 3.05) is 7.11 Å². The van der Waals surface area contributed by atoms with Gasteiger partial charge in [-0.2, -0.15) is 8.78 Å². The molecule has 5 heteroatoms. The summed E-state index contributed by atoms with van der Waals surface area (Å²) >= 11 is 0. The van der Waals surface area contributed by atoms with Crippen molar-refractivity contribution in [3.05, 3.63) is 77.6 Å². The second-order valence-electron chi connectivity index (χ2n) is 7.86. The molecule has 0 bridgehead atoms. The standard InChI is InChI=1S/C24H27F3O2/c1-5-16-6-8-17(9-7-16)10-11-18-13-19-12-14(2)23(20(25)15(3)28-4)29-24(19)22(27)21(18)26/h5,13,16-17H,1-3,6-12H2,4H3/b23-20-. The van der Waals surface area contributed by atoms with Gasteiger partial charge in [-0.05, 0) is 67.6 Å². The molecule has 0 aromatic heterocycles. The van der Waals surface area contributed by atoms with Crippen LogP contribution >= 0.6 is 0 Å². The highest BCUT2D eigenvalue weighted by atomic mass is 19.2. The van der Waals surface area contributed by atoms with Gasteiger partial charge in [0.15, 0.2) is 23.1 Å². The van der Waals surface area contributed by atoms with Gasteiger partial charge < -0.3 is 9.47 Å². The number of benzene rings is 1. The van der Waals surface area contributed by atoms with E-state index < -0.39 is 17.5 Å². The zero-order valence-corrected chi connectivity index (χ0v) is 16.8. The molecule has 1 heterocycles. The van der Waals surface area contributed by atoms with Crippen molar-refractivity contribution >= 4 is 0 Å². The van der Waals surface area contributed by atoms with E-state index in [1.165, 1.54) is 7.11 Å². The number of aryl methyl sites for hydroxylation is 1. The summed E-state index contributed by atoms with van der Waals surface area (Å²) in [6.45, 7) is 11.1. The van der Waals surface area contributed by atoms with Gasteiger partial charge in [-0.1, -0.05) is 19.2 Å². The van der Waals surface area contributed by atoms with Gasteiger partial charge in [-0.15, -0.1) is 6.58 Å². The summed E-state index contributed by atoms with van der Waals surface area (Å²) in [6, 6.07) is 1.62. The molecule has 1 saturated carbocycles. The minimum atomic E-state index is -1.09. The number of halogens is 3. The minimum absolute atomic E-state index is 0.170. The van der Waals surface area contributed by atoms with E-state index in [4.69, 9.17) is 9.47 Å². The van der Waals surface area contributed by atoms with Crippen LogP contribution in [0.1, 0.15) is 43.2 Å². The lowest BCUT2D eigenvalue weighted by Crippen LogP contribution is -2.16. The molecule has 0 spiro atoms. The molecule has 0 radical (unpaired) electrons. The Hall–Kier alpha value is -2.43. The lowest BCUT2D eigenvalue weighted by atomic mass is 9.79. The number of methoxy groups -OCH3 is 1. The average Bonchev–Trinajstić information content (AvgIpc) is 2.74. The van der Waals surface area contributed by atoms with E-state index in [1.54, 1.807) is 6.07 Å². The smallest absolute Gasteiger partial charge is 0.207 e. The average molecular weight is 404 g/mol. The second kappa shape index (κ2) is 8.93. The lowest BCUT2D eigenvalue weighted by Gasteiger charge is -2.27. The summed E-state index contributed by atoms with van der Waals surface area (Å²) in [5, 5.41) is 0. The molecule has 0 saturated heterocycles. The third-order valence-corrected chi connectivity index (χ3v) is 5.98. The third-order valence-electron chi connectivity index (χ3n) is 5.98. The molecule has 3 rings (SSSR count). The topological polar surface area (TPSA) is 18.5 Å². The predicted molar refractivity (Wildman–Crippen MR) is 108 cm³/mol. The van der Waals surface area contributed by atoms with Crippen LogP contribution in [0.15, 0.2) is 54.8 Å². The van der Waals surface area contributed by atoms with Crippen LogP contribution in [0.3, 0.4) is 0 Å². The molecule has 0 N–H and O–H groups in total. The zero-order chi connectivity index (χ0) is 21.1. The maximum Gasteiger partial charge on any atom is 0.207 e. The van der Waals surface area contributed by atoms with Gasteiger partial charge in [-0.25, -0.2) is 4.39 Å². The second-order valence-corrected chi connectivity index (χ2v) is 7.86. The Morgan fingerprint density at radius 1 is 1.24 bits per heavy atom. The normalized spacial score (nSPS) is 23.1. The Morgan fingerprint density at radius 2 is 1.93 bits per heavy atom. The summed E-state index contributed by atoms with van der Waals surface area (Å²) in [5.74, 6) is -2.62. The first-order valence-electron chi connectivity index (χ1n) is 9.97. The van der Waals surface area contributed by atoms with Gasteiger partial charge in [-0.3, -0.25) is 0 Å². The maximum absolute atomic E-state index is 14.7. The number of fused-ring (bicyclic) bond motifs is 1. The fourth-order valence-corrected chi connectivity index (χ4v) is 4.12. The van der Waals surface area contributed by atoms with Gasteiger partial charge in [0.1, 0.15) is 0 Å². The summed E-state index contributed by atoms with van der Waals surface area (Å²) in [7, 11) is 1.26. The lowest BCUT2D eigenvalue weighted by molar-refractivity contribution is 0.272. The summed E-state index contributed by atoms with van der Waals surface area (Å²) in [5.41, 5.74) is 1.13. The first kappa shape index (κ1) is 21.3. The molecule has 1 aliphatic heterocycles. The van der Waals surface area contributed by atoms with Gasteiger partial charge in [0, 0.05) is 12.0 Å². The zero-order valence-electron chi connectivity index (χ0n) is 16.8. The molecule has 2 aliphatic rings. The van der Waals surface area contributed by atoms with Crippen molar-refractivity contribution in [2.24, 2.45) is 11.8 Å². The molecule has 1 aromatic rings. The fraction of sp³-hybridized carbons (Fsp3) is 0.417. The highest BCUT2D eigenvalue weighted by Gasteiger charge is 2.29. The van der Waals surface area contributed by atoms with E-state index in [1.807, 2.05) is 6.08 Å². The van der Waals surface area contributed by atoms with Crippen LogP contribution in [0.4, 0.5) is 13.2 Å².